The molecule has 0 saturated carbocycles. The highest BCUT2D eigenvalue weighted by Crippen LogP contribution is 2.06. The first-order chi connectivity index (χ1) is 5.93. The summed E-state index contributed by atoms with van der Waals surface area (Å²) in [6.45, 7) is 3.98. The van der Waals surface area contributed by atoms with Crippen molar-refractivity contribution < 1.29 is 4.74 Å². The molecule has 0 spiro atoms. The zero-order chi connectivity index (χ0) is 8.65. The zero-order valence-corrected chi connectivity index (χ0v) is 8.45. The Hall–Kier alpha value is 0.230. The van der Waals surface area contributed by atoms with Gasteiger partial charge in [-0.05, 0) is 0 Å². The van der Waals surface area contributed by atoms with Crippen LogP contribution in [0, 0.1) is 0 Å². The fourth-order valence-corrected chi connectivity index (χ4v) is 2.15. The van der Waals surface area contributed by atoms with Crippen molar-refractivity contribution in [2.75, 3.05) is 44.9 Å². The predicted octanol–water partition coefficient (Wildman–Crippen LogP) is -0.0726. The second kappa shape index (κ2) is 6.71. The van der Waals surface area contributed by atoms with E-state index in [4.69, 9.17) is 4.74 Å². The van der Waals surface area contributed by atoms with Crippen LogP contribution in [0.2, 0.25) is 0 Å². The molecule has 4 heteroatoms. The van der Waals surface area contributed by atoms with Crippen LogP contribution >= 0.6 is 11.8 Å². The van der Waals surface area contributed by atoms with Gasteiger partial charge in [0.2, 0.25) is 0 Å². The minimum absolute atomic E-state index is 0.653. The Labute approximate surface area is 78.6 Å². The van der Waals surface area contributed by atoms with Crippen molar-refractivity contribution in [1.29, 1.82) is 0 Å². The Morgan fingerprint density at radius 1 is 1.67 bits per heavy atom. The van der Waals surface area contributed by atoms with E-state index in [2.05, 4.69) is 10.6 Å². The van der Waals surface area contributed by atoms with Gasteiger partial charge in [0, 0.05) is 44.3 Å². The van der Waals surface area contributed by atoms with Crippen molar-refractivity contribution in [2.24, 2.45) is 0 Å². The van der Waals surface area contributed by atoms with Crippen LogP contribution in [0.1, 0.15) is 0 Å². The maximum absolute atomic E-state index is 4.94. The molecule has 1 aliphatic heterocycles. The number of hydrogen-bond acceptors (Lipinski definition) is 4. The summed E-state index contributed by atoms with van der Waals surface area (Å²) in [6.07, 6.45) is 0. The van der Waals surface area contributed by atoms with Crippen LogP contribution in [0.25, 0.3) is 0 Å². The van der Waals surface area contributed by atoms with E-state index in [1.165, 1.54) is 11.5 Å². The first-order valence-electron chi connectivity index (χ1n) is 4.44. The maximum atomic E-state index is 4.94. The molecule has 1 heterocycles. The monoisotopic (exact) mass is 190 g/mol. The molecule has 1 fully saturated rings. The van der Waals surface area contributed by atoms with Crippen LogP contribution in [0.5, 0.6) is 0 Å². The maximum Gasteiger partial charge on any atom is 0.0587 e. The molecule has 0 aromatic heterocycles. The summed E-state index contributed by atoms with van der Waals surface area (Å²) in [5, 5.41) is 6.83. The first kappa shape index (κ1) is 10.3. The molecule has 0 aromatic rings. The summed E-state index contributed by atoms with van der Waals surface area (Å²) in [7, 11) is 1.73. The normalized spacial score (nSPS) is 24.2. The second-order valence-electron chi connectivity index (χ2n) is 2.92. The van der Waals surface area contributed by atoms with Crippen LogP contribution in [0.4, 0.5) is 0 Å². The first-order valence-corrected chi connectivity index (χ1v) is 5.59. The smallest absolute Gasteiger partial charge is 0.0587 e. The average molecular weight is 190 g/mol. The van der Waals surface area contributed by atoms with Gasteiger partial charge in [-0.3, -0.25) is 0 Å². The van der Waals surface area contributed by atoms with Gasteiger partial charge >= 0.3 is 0 Å². The molecule has 1 saturated heterocycles. The molecule has 0 bridgehead atoms. The summed E-state index contributed by atoms with van der Waals surface area (Å²) in [5.74, 6) is 2.49. The molecule has 0 amide bonds. The Morgan fingerprint density at radius 2 is 2.58 bits per heavy atom. The lowest BCUT2D eigenvalue weighted by molar-refractivity contribution is 0.198. The average Bonchev–Trinajstić information content (AvgIpc) is 2.14. The standard InChI is InChI=1S/C8H18N2OS/c1-11-4-2-9-6-8-7-12-5-3-10-8/h8-10H,2-7H2,1H3. The Bertz CT molecular complexity index is 107. The molecule has 0 aromatic carbocycles. The largest absolute Gasteiger partial charge is 0.383 e. The van der Waals surface area contributed by atoms with Gasteiger partial charge in [0.05, 0.1) is 6.61 Å². The molecule has 1 rings (SSSR count). The lowest BCUT2D eigenvalue weighted by Crippen LogP contribution is -2.44. The van der Waals surface area contributed by atoms with Crippen LogP contribution in [0.15, 0.2) is 0 Å². The molecular formula is C8H18N2OS. The van der Waals surface area contributed by atoms with Gasteiger partial charge in [-0.2, -0.15) is 11.8 Å². The molecule has 3 nitrogen and oxygen atoms in total. The van der Waals surface area contributed by atoms with E-state index in [0.717, 1.165) is 26.2 Å². The van der Waals surface area contributed by atoms with Crippen molar-refractivity contribution in [3.63, 3.8) is 0 Å². The van der Waals surface area contributed by atoms with Crippen molar-refractivity contribution >= 4 is 11.8 Å². The van der Waals surface area contributed by atoms with Gasteiger partial charge in [0.1, 0.15) is 0 Å². The number of nitrogens with one attached hydrogen (secondary N) is 2. The van der Waals surface area contributed by atoms with Gasteiger partial charge in [0.25, 0.3) is 0 Å². The van der Waals surface area contributed by atoms with Gasteiger partial charge < -0.3 is 15.4 Å². The van der Waals surface area contributed by atoms with Crippen molar-refractivity contribution in [1.82, 2.24) is 10.6 Å². The lowest BCUT2D eigenvalue weighted by atomic mass is 10.3. The third-order valence-corrected chi connectivity index (χ3v) is 3.00. The van der Waals surface area contributed by atoms with E-state index in [1.54, 1.807) is 7.11 Å². The van der Waals surface area contributed by atoms with Crippen LogP contribution in [0.3, 0.4) is 0 Å². The van der Waals surface area contributed by atoms with Crippen molar-refractivity contribution in [3.8, 4) is 0 Å². The van der Waals surface area contributed by atoms with E-state index in [-0.39, 0.29) is 0 Å². The second-order valence-corrected chi connectivity index (χ2v) is 4.07. The number of methoxy groups -OCH3 is 1. The topological polar surface area (TPSA) is 33.3 Å². The summed E-state index contributed by atoms with van der Waals surface area (Å²) in [5.41, 5.74) is 0. The van der Waals surface area contributed by atoms with E-state index in [9.17, 15) is 0 Å². The predicted molar refractivity (Wildman–Crippen MR) is 53.9 cm³/mol. The molecule has 0 aliphatic carbocycles. The Morgan fingerprint density at radius 3 is 3.25 bits per heavy atom. The quantitative estimate of drug-likeness (QED) is 0.595. The summed E-state index contributed by atoms with van der Waals surface area (Å²) >= 11 is 2.03. The number of hydrogen-bond donors (Lipinski definition) is 2. The fraction of sp³-hybridized carbons (Fsp3) is 1.00. The molecule has 1 atom stereocenters. The molecule has 2 N–H and O–H groups in total. The lowest BCUT2D eigenvalue weighted by Gasteiger charge is -2.23. The number of thioether (sulfide) groups is 1. The fourth-order valence-electron chi connectivity index (χ4n) is 1.20. The van der Waals surface area contributed by atoms with Gasteiger partial charge in [-0.1, -0.05) is 0 Å². The summed E-state index contributed by atoms with van der Waals surface area (Å²) in [4.78, 5) is 0. The summed E-state index contributed by atoms with van der Waals surface area (Å²) < 4.78 is 4.94. The molecule has 72 valence electrons. The van der Waals surface area contributed by atoms with Gasteiger partial charge in [-0.15, -0.1) is 0 Å². The number of ether oxygens (including phenoxy) is 1. The molecule has 1 unspecified atom stereocenters. The highest BCUT2D eigenvalue weighted by molar-refractivity contribution is 7.99. The third kappa shape index (κ3) is 4.30. The highest BCUT2D eigenvalue weighted by atomic mass is 32.2. The minimum Gasteiger partial charge on any atom is -0.383 e. The highest BCUT2D eigenvalue weighted by Gasteiger charge is 2.11. The molecule has 12 heavy (non-hydrogen) atoms. The Kier molecular flexibility index (Phi) is 5.77. The summed E-state index contributed by atoms with van der Waals surface area (Å²) in [6, 6.07) is 0.653. The van der Waals surface area contributed by atoms with E-state index < -0.39 is 0 Å². The van der Waals surface area contributed by atoms with Crippen LogP contribution < -0.4 is 10.6 Å². The molecule has 0 radical (unpaired) electrons. The van der Waals surface area contributed by atoms with Crippen LogP contribution in [-0.4, -0.2) is 50.9 Å². The van der Waals surface area contributed by atoms with E-state index in [0.29, 0.717) is 6.04 Å². The van der Waals surface area contributed by atoms with Crippen LogP contribution in [-0.2, 0) is 4.74 Å². The third-order valence-electron chi connectivity index (χ3n) is 1.87. The Balaban J connectivity index is 1.91. The SMILES string of the molecule is COCCNCC1CSCCN1. The van der Waals surface area contributed by atoms with Gasteiger partial charge in [0.15, 0.2) is 0 Å². The van der Waals surface area contributed by atoms with Crippen molar-refractivity contribution in [3.05, 3.63) is 0 Å². The van der Waals surface area contributed by atoms with E-state index >= 15 is 0 Å². The molecule has 1 aliphatic rings. The van der Waals surface area contributed by atoms with Crippen molar-refractivity contribution in [2.45, 2.75) is 6.04 Å². The zero-order valence-electron chi connectivity index (χ0n) is 7.64. The molecular weight excluding hydrogens is 172 g/mol. The minimum atomic E-state index is 0.653. The van der Waals surface area contributed by atoms with E-state index in [1.807, 2.05) is 11.8 Å². The number of rotatable bonds is 5. The van der Waals surface area contributed by atoms with Gasteiger partial charge in [-0.25, -0.2) is 0 Å².